The normalized spacial score (nSPS) is 10.7. The molecule has 0 aliphatic heterocycles. The first kappa shape index (κ1) is 13.0. The maximum Gasteiger partial charge on any atom is 0.312 e. The molecule has 7 nitrogen and oxygen atoms in total. The second-order valence-corrected chi connectivity index (χ2v) is 4.43. The molecule has 0 saturated heterocycles. The van der Waals surface area contributed by atoms with Gasteiger partial charge in [-0.1, -0.05) is 12.1 Å². The van der Waals surface area contributed by atoms with Crippen molar-refractivity contribution in [2.75, 3.05) is 11.9 Å². The molecule has 0 amide bonds. The van der Waals surface area contributed by atoms with Crippen molar-refractivity contribution in [2.24, 2.45) is 0 Å². The highest BCUT2D eigenvalue weighted by molar-refractivity contribution is 5.78. The van der Waals surface area contributed by atoms with Crippen molar-refractivity contribution in [1.82, 2.24) is 14.5 Å². The standard InChI is InChI=1S/C14H13N5O2/c1-2-15-13-8-7-12(19(20)21)14(17-13)18-9-16-10-5-3-4-6-11(10)18/h3-9H,2H2,1H3,(H,15,17). The number of hydrogen-bond donors (Lipinski definition) is 1. The van der Waals surface area contributed by atoms with Crippen LogP contribution in [0.5, 0.6) is 0 Å². The number of rotatable bonds is 4. The molecule has 0 spiro atoms. The number of aromatic nitrogens is 3. The van der Waals surface area contributed by atoms with E-state index in [1.165, 1.54) is 6.07 Å². The first-order chi connectivity index (χ1) is 10.2. The number of nitrogens with one attached hydrogen (secondary N) is 1. The molecular weight excluding hydrogens is 270 g/mol. The quantitative estimate of drug-likeness (QED) is 0.587. The predicted molar refractivity (Wildman–Crippen MR) is 79.7 cm³/mol. The lowest BCUT2D eigenvalue weighted by Gasteiger charge is -2.07. The lowest BCUT2D eigenvalue weighted by Crippen LogP contribution is -2.06. The highest BCUT2D eigenvalue weighted by Crippen LogP contribution is 2.26. The molecule has 3 aromatic rings. The summed E-state index contributed by atoms with van der Waals surface area (Å²) in [4.78, 5) is 19.4. The maximum atomic E-state index is 11.2. The molecule has 0 fully saturated rings. The van der Waals surface area contributed by atoms with Crippen LogP contribution in [0.3, 0.4) is 0 Å². The summed E-state index contributed by atoms with van der Waals surface area (Å²) in [5.41, 5.74) is 1.49. The molecule has 0 atom stereocenters. The zero-order valence-electron chi connectivity index (χ0n) is 11.4. The third-order valence-electron chi connectivity index (χ3n) is 3.09. The van der Waals surface area contributed by atoms with Crippen LogP contribution in [0.4, 0.5) is 11.5 Å². The molecule has 0 aliphatic rings. The molecule has 106 valence electrons. The summed E-state index contributed by atoms with van der Waals surface area (Å²) < 4.78 is 1.63. The Bertz CT molecular complexity index is 812. The Kier molecular flexibility index (Phi) is 3.23. The summed E-state index contributed by atoms with van der Waals surface area (Å²) in [6.07, 6.45) is 1.55. The molecule has 0 aliphatic carbocycles. The zero-order valence-corrected chi connectivity index (χ0v) is 11.4. The van der Waals surface area contributed by atoms with Crippen LogP contribution in [0, 0.1) is 10.1 Å². The number of benzene rings is 1. The van der Waals surface area contributed by atoms with E-state index >= 15 is 0 Å². The third kappa shape index (κ3) is 2.29. The summed E-state index contributed by atoms with van der Waals surface area (Å²) >= 11 is 0. The first-order valence-electron chi connectivity index (χ1n) is 6.52. The Hall–Kier alpha value is -2.96. The smallest absolute Gasteiger partial charge is 0.312 e. The summed E-state index contributed by atoms with van der Waals surface area (Å²) in [6, 6.07) is 10.5. The van der Waals surface area contributed by atoms with Gasteiger partial charge in [0.25, 0.3) is 0 Å². The van der Waals surface area contributed by atoms with E-state index in [9.17, 15) is 10.1 Å². The largest absolute Gasteiger partial charge is 0.370 e. The monoisotopic (exact) mass is 283 g/mol. The first-order valence-corrected chi connectivity index (χ1v) is 6.52. The van der Waals surface area contributed by atoms with Gasteiger partial charge in [0.15, 0.2) is 0 Å². The molecule has 1 aromatic carbocycles. The summed E-state index contributed by atoms with van der Waals surface area (Å²) in [6.45, 7) is 2.63. The average Bonchev–Trinajstić information content (AvgIpc) is 2.91. The van der Waals surface area contributed by atoms with Gasteiger partial charge in [-0.25, -0.2) is 9.97 Å². The SMILES string of the molecule is CCNc1ccc([N+](=O)[O-])c(-n2cnc3ccccc32)n1. The van der Waals surface area contributed by atoms with Gasteiger partial charge >= 0.3 is 5.69 Å². The second kappa shape index (κ2) is 5.20. The van der Waals surface area contributed by atoms with Gasteiger partial charge in [-0.15, -0.1) is 0 Å². The van der Waals surface area contributed by atoms with Crippen molar-refractivity contribution in [3.05, 3.63) is 52.8 Å². The Morgan fingerprint density at radius 2 is 2.10 bits per heavy atom. The minimum absolute atomic E-state index is 0.0557. The van der Waals surface area contributed by atoms with E-state index < -0.39 is 4.92 Å². The van der Waals surface area contributed by atoms with Gasteiger partial charge in [-0.3, -0.25) is 14.7 Å². The van der Waals surface area contributed by atoms with E-state index in [0.717, 1.165) is 11.0 Å². The Labute approximate surface area is 120 Å². The highest BCUT2D eigenvalue weighted by atomic mass is 16.6. The topological polar surface area (TPSA) is 85.9 Å². The van der Waals surface area contributed by atoms with Crippen molar-refractivity contribution >= 4 is 22.5 Å². The number of para-hydroxylation sites is 2. The minimum atomic E-state index is -0.438. The van der Waals surface area contributed by atoms with E-state index in [1.54, 1.807) is 17.0 Å². The average molecular weight is 283 g/mol. The van der Waals surface area contributed by atoms with Gasteiger partial charge in [0.05, 0.1) is 16.0 Å². The number of nitrogens with zero attached hydrogens (tertiary/aromatic N) is 4. The Morgan fingerprint density at radius 1 is 1.29 bits per heavy atom. The maximum absolute atomic E-state index is 11.2. The molecular formula is C14H13N5O2. The highest BCUT2D eigenvalue weighted by Gasteiger charge is 2.19. The number of fused-ring (bicyclic) bond motifs is 1. The minimum Gasteiger partial charge on any atom is -0.370 e. The van der Waals surface area contributed by atoms with Gasteiger partial charge in [0.1, 0.15) is 12.1 Å². The van der Waals surface area contributed by atoms with Crippen molar-refractivity contribution in [1.29, 1.82) is 0 Å². The fraction of sp³-hybridized carbons (Fsp3) is 0.143. The fourth-order valence-corrected chi connectivity index (χ4v) is 2.17. The van der Waals surface area contributed by atoms with Crippen LogP contribution >= 0.6 is 0 Å². The number of hydrogen-bond acceptors (Lipinski definition) is 5. The van der Waals surface area contributed by atoms with Gasteiger partial charge < -0.3 is 5.32 Å². The summed E-state index contributed by atoms with van der Waals surface area (Å²) in [5, 5.41) is 14.3. The molecule has 2 aromatic heterocycles. The fourth-order valence-electron chi connectivity index (χ4n) is 2.17. The number of nitro groups is 1. The lowest BCUT2D eigenvalue weighted by molar-refractivity contribution is -0.384. The molecule has 1 N–H and O–H groups in total. The third-order valence-corrected chi connectivity index (χ3v) is 3.09. The van der Waals surface area contributed by atoms with E-state index in [4.69, 9.17) is 0 Å². The lowest BCUT2D eigenvalue weighted by atomic mass is 10.3. The van der Waals surface area contributed by atoms with Crippen LogP contribution in [0.2, 0.25) is 0 Å². The molecule has 0 saturated carbocycles. The molecule has 21 heavy (non-hydrogen) atoms. The molecule has 7 heteroatoms. The zero-order chi connectivity index (χ0) is 14.8. The van der Waals surface area contributed by atoms with E-state index in [2.05, 4.69) is 15.3 Å². The van der Waals surface area contributed by atoms with Crippen LogP contribution in [-0.4, -0.2) is 26.0 Å². The number of anilines is 1. The van der Waals surface area contributed by atoms with Crippen LogP contribution in [0.1, 0.15) is 6.92 Å². The second-order valence-electron chi connectivity index (χ2n) is 4.43. The Balaban J connectivity index is 2.23. The summed E-state index contributed by atoms with van der Waals surface area (Å²) in [5.74, 6) is 0.850. The number of imidazole rings is 1. The molecule has 0 unspecified atom stereocenters. The van der Waals surface area contributed by atoms with Crippen LogP contribution < -0.4 is 5.32 Å². The summed E-state index contributed by atoms with van der Waals surface area (Å²) in [7, 11) is 0. The Morgan fingerprint density at radius 3 is 2.86 bits per heavy atom. The van der Waals surface area contributed by atoms with Gasteiger partial charge in [0, 0.05) is 12.6 Å². The molecule has 3 rings (SSSR count). The van der Waals surface area contributed by atoms with Crippen LogP contribution in [-0.2, 0) is 0 Å². The predicted octanol–water partition coefficient (Wildman–Crippen LogP) is 2.76. The van der Waals surface area contributed by atoms with Crippen molar-refractivity contribution in [3.63, 3.8) is 0 Å². The van der Waals surface area contributed by atoms with Crippen LogP contribution in [0.25, 0.3) is 16.9 Å². The molecule has 0 bridgehead atoms. The molecule has 2 heterocycles. The van der Waals surface area contributed by atoms with Gasteiger partial charge in [-0.2, -0.15) is 0 Å². The van der Waals surface area contributed by atoms with E-state index in [1.807, 2.05) is 31.2 Å². The van der Waals surface area contributed by atoms with Crippen molar-refractivity contribution < 1.29 is 4.92 Å². The van der Waals surface area contributed by atoms with E-state index in [0.29, 0.717) is 12.4 Å². The van der Waals surface area contributed by atoms with Crippen molar-refractivity contribution in [2.45, 2.75) is 6.92 Å². The van der Waals surface area contributed by atoms with E-state index in [-0.39, 0.29) is 11.5 Å². The molecule has 0 radical (unpaired) electrons. The van der Waals surface area contributed by atoms with Crippen LogP contribution in [0.15, 0.2) is 42.7 Å². The van der Waals surface area contributed by atoms with Gasteiger partial charge in [0.2, 0.25) is 5.82 Å². The number of pyridine rings is 1. The van der Waals surface area contributed by atoms with Gasteiger partial charge in [-0.05, 0) is 25.1 Å². The van der Waals surface area contributed by atoms with Crippen molar-refractivity contribution in [3.8, 4) is 5.82 Å².